The third-order valence-corrected chi connectivity index (χ3v) is 4.33. The molecule has 1 N–H and O–H groups in total. The average Bonchev–Trinajstić information content (AvgIpc) is 2.45. The number of hydrogen-bond acceptors (Lipinski definition) is 2. The van der Waals surface area contributed by atoms with Crippen LogP contribution in [-0.4, -0.2) is 30.4 Å². The second-order valence-corrected chi connectivity index (χ2v) is 7.24. The van der Waals surface area contributed by atoms with Gasteiger partial charge in [-0.3, -0.25) is 4.79 Å². The molecule has 0 aromatic heterocycles. The molecule has 1 aliphatic heterocycles. The van der Waals surface area contributed by atoms with Crippen molar-refractivity contribution in [3.8, 4) is 0 Å². The summed E-state index contributed by atoms with van der Waals surface area (Å²) in [5.41, 5.74) is 2.49. The van der Waals surface area contributed by atoms with Gasteiger partial charge in [-0.1, -0.05) is 39.8 Å². The van der Waals surface area contributed by atoms with E-state index in [4.69, 9.17) is 0 Å². The predicted octanol–water partition coefficient (Wildman–Crippen LogP) is 3.65. The van der Waals surface area contributed by atoms with Crippen molar-refractivity contribution in [3.05, 3.63) is 29.8 Å². The fourth-order valence-corrected chi connectivity index (χ4v) is 2.64. The van der Waals surface area contributed by atoms with Crippen LogP contribution in [-0.2, 0) is 10.2 Å². The van der Waals surface area contributed by atoms with Gasteiger partial charge in [-0.2, -0.15) is 0 Å². The van der Waals surface area contributed by atoms with Crippen LogP contribution >= 0.6 is 0 Å². The molecule has 116 valence electrons. The summed E-state index contributed by atoms with van der Waals surface area (Å²) in [5.74, 6) is 0.966. The van der Waals surface area contributed by atoms with E-state index in [1.54, 1.807) is 0 Å². The molecule has 2 rings (SSSR count). The third-order valence-electron chi connectivity index (χ3n) is 4.33. The highest BCUT2D eigenvalue weighted by atomic mass is 16.2. The van der Waals surface area contributed by atoms with Crippen LogP contribution in [0.5, 0.6) is 0 Å². The Morgan fingerprint density at radius 1 is 1.19 bits per heavy atom. The minimum atomic E-state index is 0.166. The molecule has 1 aliphatic rings. The zero-order valence-electron chi connectivity index (χ0n) is 13.8. The van der Waals surface area contributed by atoms with Gasteiger partial charge in [0, 0.05) is 18.8 Å². The molecule has 0 saturated carbocycles. The summed E-state index contributed by atoms with van der Waals surface area (Å²) < 4.78 is 0. The van der Waals surface area contributed by atoms with Crippen molar-refractivity contribution in [3.63, 3.8) is 0 Å². The number of rotatable bonds is 3. The first-order valence-electron chi connectivity index (χ1n) is 7.98. The lowest BCUT2D eigenvalue weighted by Gasteiger charge is -2.30. The van der Waals surface area contributed by atoms with E-state index >= 15 is 0 Å². The van der Waals surface area contributed by atoms with Crippen LogP contribution in [0.3, 0.4) is 0 Å². The SMILES string of the molecule is CC1CCN(C(=O)CNc2ccc(C(C)(C)C)cc2)CC1. The fraction of sp³-hybridized carbons (Fsp3) is 0.611. The maximum atomic E-state index is 12.2. The highest BCUT2D eigenvalue weighted by molar-refractivity contribution is 5.81. The molecule has 3 heteroatoms. The van der Waals surface area contributed by atoms with Gasteiger partial charge in [0.15, 0.2) is 0 Å². The number of piperidine rings is 1. The molecular weight excluding hydrogens is 260 g/mol. The predicted molar refractivity (Wildman–Crippen MR) is 88.6 cm³/mol. The van der Waals surface area contributed by atoms with E-state index in [2.05, 4.69) is 57.3 Å². The smallest absolute Gasteiger partial charge is 0.241 e. The summed E-state index contributed by atoms with van der Waals surface area (Å²) in [6, 6.07) is 8.39. The number of amides is 1. The molecule has 1 saturated heterocycles. The maximum Gasteiger partial charge on any atom is 0.241 e. The fourth-order valence-electron chi connectivity index (χ4n) is 2.64. The number of hydrogen-bond donors (Lipinski definition) is 1. The molecule has 1 heterocycles. The lowest BCUT2D eigenvalue weighted by Crippen LogP contribution is -2.40. The van der Waals surface area contributed by atoms with Gasteiger partial charge in [0.05, 0.1) is 6.54 Å². The van der Waals surface area contributed by atoms with E-state index in [0.29, 0.717) is 6.54 Å². The zero-order valence-corrected chi connectivity index (χ0v) is 13.8. The molecule has 3 nitrogen and oxygen atoms in total. The molecule has 1 amide bonds. The van der Waals surface area contributed by atoms with Gasteiger partial charge in [0.1, 0.15) is 0 Å². The van der Waals surface area contributed by atoms with Crippen molar-refractivity contribution in [2.45, 2.75) is 46.0 Å². The van der Waals surface area contributed by atoms with Crippen molar-refractivity contribution in [2.75, 3.05) is 25.0 Å². The van der Waals surface area contributed by atoms with E-state index in [-0.39, 0.29) is 11.3 Å². The Hall–Kier alpha value is -1.51. The topological polar surface area (TPSA) is 32.3 Å². The standard InChI is InChI=1S/C18H28N2O/c1-14-9-11-20(12-10-14)17(21)13-19-16-7-5-15(6-8-16)18(2,3)4/h5-8,14,19H,9-13H2,1-4H3. The number of carbonyl (C=O) groups excluding carboxylic acids is 1. The molecule has 1 aromatic carbocycles. The Kier molecular flexibility index (Phi) is 4.92. The Bertz CT molecular complexity index is 465. The molecular formula is C18H28N2O. The van der Waals surface area contributed by atoms with Crippen LogP contribution in [0.15, 0.2) is 24.3 Å². The summed E-state index contributed by atoms with van der Waals surface area (Å²) >= 11 is 0. The second-order valence-electron chi connectivity index (χ2n) is 7.24. The van der Waals surface area contributed by atoms with Crippen LogP contribution in [0.25, 0.3) is 0 Å². The van der Waals surface area contributed by atoms with Crippen molar-refractivity contribution in [2.24, 2.45) is 5.92 Å². The summed E-state index contributed by atoms with van der Waals surface area (Å²) in [6.45, 7) is 11.1. The van der Waals surface area contributed by atoms with Gasteiger partial charge in [-0.05, 0) is 41.9 Å². The van der Waals surface area contributed by atoms with Crippen LogP contribution < -0.4 is 5.32 Å². The lowest BCUT2D eigenvalue weighted by atomic mass is 9.87. The summed E-state index contributed by atoms with van der Waals surface area (Å²) in [5, 5.41) is 3.24. The van der Waals surface area contributed by atoms with Gasteiger partial charge < -0.3 is 10.2 Å². The Balaban J connectivity index is 1.84. The molecule has 0 radical (unpaired) electrons. The maximum absolute atomic E-state index is 12.2. The molecule has 0 bridgehead atoms. The number of nitrogens with zero attached hydrogens (tertiary/aromatic N) is 1. The minimum Gasteiger partial charge on any atom is -0.376 e. The van der Waals surface area contributed by atoms with Gasteiger partial charge in [-0.15, -0.1) is 0 Å². The molecule has 21 heavy (non-hydrogen) atoms. The summed E-state index contributed by atoms with van der Waals surface area (Å²) in [6.07, 6.45) is 2.26. The van der Waals surface area contributed by atoms with Gasteiger partial charge in [0.25, 0.3) is 0 Å². The minimum absolute atomic E-state index is 0.166. The molecule has 0 unspecified atom stereocenters. The van der Waals surface area contributed by atoms with Crippen molar-refractivity contribution < 1.29 is 4.79 Å². The number of benzene rings is 1. The highest BCUT2D eigenvalue weighted by Gasteiger charge is 2.19. The van der Waals surface area contributed by atoms with Crippen molar-refractivity contribution in [1.82, 2.24) is 4.90 Å². The molecule has 1 fully saturated rings. The number of anilines is 1. The average molecular weight is 288 g/mol. The quantitative estimate of drug-likeness (QED) is 0.920. The molecule has 0 spiro atoms. The monoisotopic (exact) mass is 288 g/mol. The van der Waals surface area contributed by atoms with Crippen LogP contribution in [0.1, 0.15) is 46.1 Å². The molecule has 0 aliphatic carbocycles. The Morgan fingerprint density at radius 3 is 2.29 bits per heavy atom. The molecule has 1 aromatic rings. The van der Waals surface area contributed by atoms with E-state index in [0.717, 1.165) is 37.5 Å². The van der Waals surface area contributed by atoms with E-state index in [9.17, 15) is 4.79 Å². The number of carbonyl (C=O) groups is 1. The largest absolute Gasteiger partial charge is 0.376 e. The van der Waals surface area contributed by atoms with Crippen molar-refractivity contribution in [1.29, 1.82) is 0 Å². The highest BCUT2D eigenvalue weighted by Crippen LogP contribution is 2.23. The van der Waals surface area contributed by atoms with E-state index < -0.39 is 0 Å². The summed E-state index contributed by atoms with van der Waals surface area (Å²) in [4.78, 5) is 14.2. The third kappa shape index (κ3) is 4.48. The first-order valence-corrected chi connectivity index (χ1v) is 7.98. The second kappa shape index (κ2) is 6.50. The van der Waals surface area contributed by atoms with Crippen LogP contribution in [0.4, 0.5) is 5.69 Å². The van der Waals surface area contributed by atoms with Crippen molar-refractivity contribution >= 4 is 11.6 Å². The normalized spacial score (nSPS) is 16.9. The number of likely N-dealkylation sites (tertiary alicyclic amines) is 1. The van der Waals surface area contributed by atoms with E-state index in [1.165, 1.54) is 5.56 Å². The van der Waals surface area contributed by atoms with Gasteiger partial charge >= 0.3 is 0 Å². The lowest BCUT2D eigenvalue weighted by molar-refractivity contribution is -0.130. The first kappa shape index (κ1) is 15.9. The summed E-state index contributed by atoms with van der Waals surface area (Å²) in [7, 11) is 0. The Morgan fingerprint density at radius 2 is 1.76 bits per heavy atom. The Labute approximate surface area is 128 Å². The van der Waals surface area contributed by atoms with Crippen LogP contribution in [0.2, 0.25) is 0 Å². The zero-order chi connectivity index (χ0) is 15.5. The van der Waals surface area contributed by atoms with Gasteiger partial charge in [0.2, 0.25) is 5.91 Å². The van der Waals surface area contributed by atoms with Crippen LogP contribution in [0, 0.1) is 5.92 Å². The molecule has 0 atom stereocenters. The van der Waals surface area contributed by atoms with Gasteiger partial charge in [-0.25, -0.2) is 0 Å². The first-order chi connectivity index (χ1) is 9.86. The number of nitrogens with one attached hydrogen (secondary N) is 1. The van der Waals surface area contributed by atoms with E-state index in [1.807, 2.05) is 4.90 Å².